The number of nitrogens with zero attached hydrogens (tertiary/aromatic N) is 2. The molecule has 0 aliphatic carbocycles. The Balaban J connectivity index is 1.99. The quantitative estimate of drug-likeness (QED) is 0.787. The zero-order valence-corrected chi connectivity index (χ0v) is 9.33. The first-order valence-electron chi connectivity index (χ1n) is 4.97. The Labute approximate surface area is 93.2 Å². The predicted octanol–water partition coefficient (Wildman–Crippen LogP) is 1.45. The molecule has 1 atom stereocenters. The summed E-state index contributed by atoms with van der Waals surface area (Å²) in [6, 6.07) is 0. The van der Waals surface area contributed by atoms with Crippen LogP contribution in [0.2, 0.25) is 5.02 Å². The minimum absolute atomic E-state index is 0.0354. The van der Waals surface area contributed by atoms with Gasteiger partial charge in [0, 0.05) is 18.7 Å². The Hall–Kier alpha value is -0.870. The van der Waals surface area contributed by atoms with Gasteiger partial charge in [-0.15, -0.1) is 0 Å². The van der Waals surface area contributed by atoms with Crippen molar-refractivity contribution in [1.82, 2.24) is 9.78 Å². The number of aromatic nitrogens is 2. The molecule has 0 amide bonds. The second-order valence-electron chi connectivity index (χ2n) is 3.79. The number of halogens is 1. The van der Waals surface area contributed by atoms with Gasteiger partial charge in [0.1, 0.15) is 0 Å². The Morgan fingerprint density at radius 3 is 3.13 bits per heavy atom. The van der Waals surface area contributed by atoms with Crippen molar-refractivity contribution in [3.8, 4) is 0 Å². The summed E-state index contributed by atoms with van der Waals surface area (Å²) in [7, 11) is 0. The van der Waals surface area contributed by atoms with Crippen LogP contribution in [0, 0.1) is 12.8 Å². The Kier molecular flexibility index (Phi) is 3.07. The molecule has 0 spiro atoms. The van der Waals surface area contributed by atoms with Crippen LogP contribution in [0.3, 0.4) is 0 Å². The van der Waals surface area contributed by atoms with Crippen molar-refractivity contribution in [3.05, 3.63) is 16.9 Å². The van der Waals surface area contributed by atoms with E-state index in [2.05, 4.69) is 5.10 Å². The van der Waals surface area contributed by atoms with E-state index in [1.165, 1.54) is 0 Å². The van der Waals surface area contributed by atoms with Crippen molar-refractivity contribution in [3.63, 3.8) is 0 Å². The molecule has 2 heterocycles. The summed E-state index contributed by atoms with van der Waals surface area (Å²) >= 11 is 5.85. The highest BCUT2D eigenvalue weighted by Gasteiger charge is 2.23. The topological polar surface area (TPSA) is 44.1 Å². The zero-order valence-electron chi connectivity index (χ0n) is 8.57. The molecule has 82 valence electrons. The summed E-state index contributed by atoms with van der Waals surface area (Å²) in [5.41, 5.74) is 0.757. The Morgan fingerprint density at radius 1 is 1.80 bits per heavy atom. The molecule has 1 aromatic rings. The number of rotatable bonds is 3. The molecule has 2 rings (SSSR count). The average molecular weight is 229 g/mol. The van der Waals surface area contributed by atoms with Crippen LogP contribution in [0.25, 0.3) is 0 Å². The molecule has 5 heteroatoms. The van der Waals surface area contributed by atoms with Crippen LogP contribution in [0.1, 0.15) is 12.1 Å². The van der Waals surface area contributed by atoms with Crippen molar-refractivity contribution >= 4 is 17.4 Å². The highest BCUT2D eigenvalue weighted by Crippen LogP contribution is 2.16. The normalized spacial score (nSPS) is 20.8. The van der Waals surface area contributed by atoms with E-state index in [4.69, 9.17) is 16.3 Å². The molecule has 1 aliphatic heterocycles. The molecule has 1 saturated heterocycles. The van der Waals surface area contributed by atoms with Gasteiger partial charge in [-0.2, -0.15) is 5.10 Å². The lowest BCUT2D eigenvalue weighted by Gasteiger charge is -2.05. The summed E-state index contributed by atoms with van der Waals surface area (Å²) in [5.74, 6) is 0.208. The molecule has 1 aliphatic rings. The highest BCUT2D eigenvalue weighted by molar-refractivity contribution is 6.31. The lowest BCUT2D eigenvalue weighted by molar-refractivity contribution is -0.123. The van der Waals surface area contributed by atoms with Crippen LogP contribution in [0.4, 0.5) is 0 Å². The third-order valence-electron chi connectivity index (χ3n) is 2.59. The van der Waals surface area contributed by atoms with Crippen molar-refractivity contribution in [2.24, 2.45) is 5.92 Å². The molecule has 1 aromatic heterocycles. The molecule has 0 bridgehead atoms. The fraction of sp³-hybridized carbons (Fsp3) is 0.600. The van der Waals surface area contributed by atoms with Gasteiger partial charge in [-0.25, -0.2) is 0 Å². The zero-order chi connectivity index (χ0) is 10.8. The monoisotopic (exact) mass is 228 g/mol. The van der Waals surface area contributed by atoms with Crippen molar-refractivity contribution < 1.29 is 9.53 Å². The first-order chi connectivity index (χ1) is 7.16. The van der Waals surface area contributed by atoms with E-state index < -0.39 is 0 Å². The third kappa shape index (κ3) is 2.38. The van der Waals surface area contributed by atoms with Gasteiger partial charge < -0.3 is 4.74 Å². The van der Waals surface area contributed by atoms with Crippen LogP contribution >= 0.6 is 11.6 Å². The first kappa shape index (κ1) is 10.6. The van der Waals surface area contributed by atoms with Gasteiger partial charge >= 0.3 is 0 Å². The summed E-state index contributed by atoms with van der Waals surface area (Å²) in [5, 5.41) is 4.75. The standard InChI is InChI=1S/C10H13ClN2O2/c1-7-9(11)4-13(12-7)5-10(14)8-2-3-15-6-8/h4,8H,2-3,5-6H2,1H3. The van der Waals surface area contributed by atoms with Gasteiger partial charge in [0.05, 0.1) is 23.9 Å². The minimum Gasteiger partial charge on any atom is -0.381 e. The van der Waals surface area contributed by atoms with Crippen molar-refractivity contribution in [2.45, 2.75) is 19.9 Å². The molecule has 4 nitrogen and oxygen atoms in total. The number of ether oxygens (including phenoxy) is 1. The third-order valence-corrected chi connectivity index (χ3v) is 2.96. The van der Waals surface area contributed by atoms with Crippen LogP contribution < -0.4 is 0 Å². The maximum Gasteiger partial charge on any atom is 0.159 e. The lowest BCUT2D eigenvalue weighted by Crippen LogP contribution is -2.20. The predicted molar refractivity (Wildman–Crippen MR) is 55.9 cm³/mol. The second kappa shape index (κ2) is 4.33. The lowest BCUT2D eigenvalue weighted by atomic mass is 10.0. The van der Waals surface area contributed by atoms with Gasteiger partial charge in [0.25, 0.3) is 0 Å². The van der Waals surface area contributed by atoms with E-state index in [0.29, 0.717) is 24.8 Å². The summed E-state index contributed by atoms with van der Waals surface area (Å²) in [6.07, 6.45) is 2.51. The van der Waals surface area contributed by atoms with Crippen molar-refractivity contribution in [1.29, 1.82) is 0 Å². The maximum absolute atomic E-state index is 11.8. The fourth-order valence-electron chi connectivity index (χ4n) is 1.65. The summed E-state index contributed by atoms with van der Waals surface area (Å²) < 4.78 is 6.76. The van der Waals surface area contributed by atoms with Gasteiger partial charge in [0.15, 0.2) is 5.78 Å². The molecule has 15 heavy (non-hydrogen) atoms. The smallest absolute Gasteiger partial charge is 0.159 e. The van der Waals surface area contributed by atoms with Gasteiger partial charge in [-0.1, -0.05) is 11.6 Å². The number of carbonyl (C=O) groups is 1. The van der Waals surface area contributed by atoms with Crippen LogP contribution in [-0.4, -0.2) is 28.8 Å². The summed E-state index contributed by atoms with van der Waals surface area (Å²) in [4.78, 5) is 11.8. The van der Waals surface area contributed by atoms with Crippen molar-refractivity contribution in [2.75, 3.05) is 13.2 Å². The number of hydrogen-bond donors (Lipinski definition) is 0. The first-order valence-corrected chi connectivity index (χ1v) is 5.34. The highest BCUT2D eigenvalue weighted by atomic mass is 35.5. The van der Waals surface area contributed by atoms with Crippen LogP contribution in [-0.2, 0) is 16.1 Å². The van der Waals surface area contributed by atoms with E-state index in [-0.39, 0.29) is 11.7 Å². The molecular formula is C10H13ClN2O2. The molecule has 0 aromatic carbocycles. The number of Topliss-reactive ketones (excluding diaryl/α,β-unsaturated/α-hetero) is 1. The van der Waals surface area contributed by atoms with Gasteiger partial charge in [-0.3, -0.25) is 9.48 Å². The minimum atomic E-state index is 0.0354. The summed E-state index contributed by atoms with van der Waals surface area (Å²) in [6.45, 7) is 3.35. The SMILES string of the molecule is Cc1nn(CC(=O)C2CCOC2)cc1Cl. The van der Waals surface area contributed by atoms with Gasteiger partial charge in [0.2, 0.25) is 0 Å². The number of carbonyl (C=O) groups excluding carboxylic acids is 1. The van der Waals surface area contributed by atoms with E-state index in [1.54, 1.807) is 10.9 Å². The molecule has 0 saturated carbocycles. The molecule has 1 fully saturated rings. The van der Waals surface area contributed by atoms with E-state index in [1.807, 2.05) is 6.92 Å². The Bertz CT molecular complexity index is 350. The van der Waals surface area contributed by atoms with Crippen LogP contribution in [0.5, 0.6) is 0 Å². The largest absolute Gasteiger partial charge is 0.381 e. The fourth-order valence-corrected chi connectivity index (χ4v) is 1.80. The van der Waals surface area contributed by atoms with Crippen LogP contribution in [0.15, 0.2) is 6.20 Å². The van der Waals surface area contributed by atoms with E-state index >= 15 is 0 Å². The maximum atomic E-state index is 11.8. The molecule has 0 radical (unpaired) electrons. The molecule has 0 N–H and O–H groups in total. The number of aryl methyl sites for hydroxylation is 1. The molecule has 1 unspecified atom stereocenters. The number of ketones is 1. The number of hydrogen-bond acceptors (Lipinski definition) is 3. The average Bonchev–Trinajstić information content (AvgIpc) is 2.77. The second-order valence-corrected chi connectivity index (χ2v) is 4.19. The van der Waals surface area contributed by atoms with E-state index in [0.717, 1.165) is 12.1 Å². The Morgan fingerprint density at radius 2 is 2.60 bits per heavy atom. The van der Waals surface area contributed by atoms with E-state index in [9.17, 15) is 4.79 Å². The van der Waals surface area contributed by atoms with Gasteiger partial charge in [-0.05, 0) is 13.3 Å². The molecular weight excluding hydrogens is 216 g/mol.